The molecule has 0 spiro atoms. The highest BCUT2D eigenvalue weighted by Gasteiger charge is 2.30. The molecular weight excluding hydrogens is 198 g/mol. The van der Waals surface area contributed by atoms with Gasteiger partial charge in [-0.05, 0) is 18.3 Å². The molecule has 1 rings (SSSR count). The second-order valence-electron chi connectivity index (χ2n) is 4.04. The number of amides is 1. The molecule has 1 fully saturated rings. The van der Waals surface area contributed by atoms with Crippen molar-refractivity contribution in [2.24, 2.45) is 11.8 Å². The van der Waals surface area contributed by atoms with Gasteiger partial charge in [-0.2, -0.15) is 0 Å². The smallest absolute Gasteiger partial charge is 0.409 e. The molecule has 1 amide bonds. The van der Waals surface area contributed by atoms with Crippen LogP contribution in [-0.2, 0) is 9.53 Å². The first kappa shape index (κ1) is 11.8. The van der Waals surface area contributed by atoms with Crippen molar-refractivity contribution in [3.63, 3.8) is 0 Å². The zero-order chi connectivity index (χ0) is 11.4. The number of piperidine rings is 1. The number of carbonyl (C=O) groups is 2. The topological polar surface area (TPSA) is 66.8 Å². The summed E-state index contributed by atoms with van der Waals surface area (Å²) < 4.78 is 4.63. The van der Waals surface area contributed by atoms with Gasteiger partial charge in [0.25, 0.3) is 0 Å². The number of hydrogen-bond acceptors (Lipinski definition) is 3. The highest BCUT2D eigenvalue weighted by molar-refractivity contribution is 5.68. The maximum atomic E-state index is 11.2. The fourth-order valence-electron chi connectivity index (χ4n) is 2.02. The summed E-state index contributed by atoms with van der Waals surface area (Å²) in [6.07, 6.45) is 0.606. The zero-order valence-corrected chi connectivity index (χ0v) is 9.10. The van der Waals surface area contributed by atoms with Crippen LogP contribution in [0.15, 0.2) is 0 Å². The average Bonchev–Trinajstić information content (AvgIpc) is 2.19. The van der Waals surface area contributed by atoms with E-state index in [0.29, 0.717) is 13.1 Å². The fourth-order valence-corrected chi connectivity index (χ4v) is 2.02. The number of aliphatic carboxylic acids is 1. The Morgan fingerprint density at radius 1 is 1.53 bits per heavy atom. The lowest BCUT2D eigenvalue weighted by Gasteiger charge is -2.35. The lowest BCUT2D eigenvalue weighted by Crippen LogP contribution is -2.43. The van der Waals surface area contributed by atoms with Crippen molar-refractivity contribution in [3.8, 4) is 0 Å². The van der Waals surface area contributed by atoms with Crippen LogP contribution in [0.25, 0.3) is 0 Å². The number of rotatable bonds is 2. The Labute approximate surface area is 89.0 Å². The average molecular weight is 215 g/mol. The summed E-state index contributed by atoms with van der Waals surface area (Å²) in [4.78, 5) is 23.4. The van der Waals surface area contributed by atoms with E-state index in [-0.39, 0.29) is 24.3 Å². The van der Waals surface area contributed by atoms with Crippen LogP contribution in [0.5, 0.6) is 0 Å². The molecule has 0 aliphatic carbocycles. The lowest BCUT2D eigenvalue weighted by molar-refractivity contribution is -0.138. The highest BCUT2D eigenvalue weighted by atomic mass is 16.5. The molecule has 0 aromatic heterocycles. The molecule has 86 valence electrons. The first-order chi connectivity index (χ1) is 7.04. The van der Waals surface area contributed by atoms with Crippen LogP contribution in [0, 0.1) is 11.8 Å². The lowest BCUT2D eigenvalue weighted by atomic mass is 9.85. The van der Waals surface area contributed by atoms with Crippen molar-refractivity contribution < 1.29 is 19.4 Å². The first-order valence-corrected chi connectivity index (χ1v) is 5.09. The van der Waals surface area contributed by atoms with Gasteiger partial charge in [0.15, 0.2) is 0 Å². The summed E-state index contributed by atoms with van der Waals surface area (Å²) >= 11 is 0. The summed E-state index contributed by atoms with van der Waals surface area (Å²) in [7, 11) is 1.36. The Kier molecular flexibility index (Phi) is 3.94. The van der Waals surface area contributed by atoms with Gasteiger partial charge in [0, 0.05) is 19.5 Å². The van der Waals surface area contributed by atoms with Crippen molar-refractivity contribution in [2.45, 2.75) is 19.8 Å². The Balaban J connectivity index is 2.47. The number of ether oxygens (including phenoxy) is 1. The van der Waals surface area contributed by atoms with Crippen molar-refractivity contribution in [1.29, 1.82) is 0 Å². The van der Waals surface area contributed by atoms with Crippen molar-refractivity contribution >= 4 is 12.1 Å². The van der Waals surface area contributed by atoms with Gasteiger partial charge < -0.3 is 14.7 Å². The largest absolute Gasteiger partial charge is 0.481 e. The van der Waals surface area contributed by atoms with Crippen molar-refractivity contribution in [3.05, 3.63) is 0 Å². The fraction of sp³-hybridized carbons (Fsp3) is 0.800. The van der Waals surface area contributed by atoms with E-state index in [1.165, 1.54) is 7.11 Å². The Morgan fingerprint density at radius 3 is 2.67 bits per heavy atom. The first-order valence-electron chi connectivity index (χ1n) is 5.09. The highest BCUT2D eigenvalue weighted by Crippen LogP contribution is 2.26. The minimum atomic E-state index is -0.765. The molecule has 15 heavy (non-hydrogen) atoms. The molecular formula is C10H17NO4. The van der Waals surface area contributed by atoms with Gasteiger partial charge in [-0.3, -0.25) is 4.79 Å². The number of likely N-dealkylation sites (tertiary alicyclic amines) is 1. The molecule has 1 aliphatic rings. The number of carbonyl (C=O) groups excluding carboxylic acids is 1. The second-order valence-corrected chi connectivity index (χ2v) is 4.04. The van der Waals surface area contributed by atoms with Gasteiger partial charge >= 0.3 is 12.1 Å². The standard InChI is InChI=1S/C10H17NO4/c1-7-6-11(10(14)15-2)4-3-8(7)5-9(12)13/h7-8H,3-6H2,1-2H3,(H,12,13)/t7-,8-/m1/s1. The molecule has 0 aromatic rings. The third-order valence-electron chi connectivity index (χ3n) is 2.95. The monoisotopic (exact) mass is 215 g/mol. The van der Waals surface area contributed by atoms with Crippen LogP contribution in [0.4, 0.5) is 4.79 Å². The normalized spacial score (nSPS) is 26.1. The van der Waals surface area contributed by atoms with E-state index in [0.717, 1.165) is 6.42 Å². The van der Waals surface area contributed by atoms with Crippen LogP contribution < -0.4 is 0 Å². The van der Waals surface area contributed by atoms with Crippen LogP contribution >= 0.6 is 0 Å². The minimum absolute atomic E-state index is 0.170. The molecule has 0 unspecified atom stereocenters. The molecule has 0 aromatic carbocycles. The molecule has 1 saturated heterocycles. The third-order valence-corrected chi connectivity index (χ3v) is 2.95. The van der Waals surface area contributed by atoms with Crippen LogP contribution in [0.3, 0.4) is 0 Å². The van der Waals surface area contributed by atoms with E-state index in [4.69, 9.17) is 5.11 Å². The van der Waals surface area contributed by atoms with Gasteiger partial charge in [-0.25, -0.2) is 4.79 Å². The van der Waals surface area contributed by atoms with E-state index in [1.54, 1.807) is 4.90 Å². The van der Waals surface area contributed by atoms with Crippen LogP contribution in [0.1, 0.15) is 19.8 Å². The van der Waals surface area contributed by atoms with Crippen LogP contribution in [0.2, 0.25) is 0 Å². The number of carboxylic acid groups (broad SMARTS) is 1. The van der Waals surface area contributed by atoms with Gasteiger partial charge in [-0.15, -0.1) is 0 Å². The van der Waals surface area contributed by atoms with E-state index >= 15 is 0 Å². The summed E-state index contributed by atoms with van der Waals surface area (Å²) in [5.41, 5.74) is 0. The minimum Gasteiger partial charge on any atom is -0.481 e. The maximum Gasteiger partial charge on any atom is 0.409 e. The second kappa shape index (κ2) is 5.00. The van der Waals surface area contributed by atoms with Gasteiger partial charge in [0.1, 0.15) is 0 Å². The van der Waals surface area contributed by atoms with E-state index < -0.39 is 5.97 Å². The van der Waals surface area contributed by atoms with E-state index in [9.17, 15) is 9.59 Å². The SMILES string of the molecule is COC(=O)N1CC[C@H](CC(=O)O)[C@H](C)C1. The molecule has 2 atom stereocenters. The van der Waals surface area contributed by atoms with Crippen molar-refractivity contribution in [1.82, 2.24) is 4.90 Å². The van der Waals surface area contributed by atoms with Gasteiger partial charge in [-0.1, -0.05) is 6.92 Å². The predicted octanol–water partition coefficient (Wildman–Crippen LogP) is 1.19. The van der Waals surface area contributed by atoms with Gasteiger partial charge in [0.2, 0.25) is 0 Å². The zero-order valence-electron chi connectivity index (χ0n) is 9.10. The molecule has 1 N–H and O–H groups in total. The molecule has 5 nitrogen and oxygen atoms in total. The molecule has 0 radical (unpaired) electrons. The summed E-state index contributed by atoms with van der Waals surface area (Å²) in [6, 6.07) is 0. The molecule has 1 aliphatic heterocycles. The molecule has 0 saturated carbocycles. The molecule has 0 bridgehead atoms. The van der Waals surface area contributed by atoms with Crippen LogP contribution in [-0.4, -0.2) is 42.3 Å². The number of hydrogen-bond donors (Lipinski definition) is 1. The summed E-state index contributed by atoms with van der Waals surface area (Å²) in [5.74, 6) is -0.379. The number of methoxy groups -OCH3 is 1. The predicted molar refractivity (Wildman–Crippen MR) is 53.5 cm³/mol. The Hall–Kier alpha value is -1.26. The maximum absolute atomic E-state index is 11.2. The molecule has 1 heterocycles. The number of carboxylic acids is 1. The van der Waals surface area contributed by atoms with E-state index in [2.05, 4.69) is 4.74 Å². The van der Waals surface area contributed by atoms with Crippen molar-refractivity contribution in [2.75, 3.05) is 20.2 Å². The Morgan fingerprint density at radius 2 is 2.20 bits per heavy atom. The number of nitrogens with zero attached hydrogens (tertiary/aromatic N) is 1. The van der Waals surface area contributed by atoms with Gasteiger partial charge in [0.05, 0.1) is 7.11 Å². The summed E-state index contributed by atoms with van der Waals surface area (Å²) in [5, 5.41) is 8.70. The quantitative estimate of drug-likeness (QED) is 0.751. The summed E-state index contributed by atoms with van der Waals surface area (Å²) in [6.45, 7) is 3.16. The molecule has 5 heteroatoms. The third kappa shape index (κ3) is 3.11. The van der Waals surface area contributed by atoms with E-state index in [1.807, 2.05) is 6.92 Å². The Bertz CT molecular complexity index is 254.